The Hall–Kier alpha value is -1.69. The third-order valence-corrected chi connectivity index (χ3v) is 6.15. The van der Waals surface area contributed by atoms with Crippen molar-refractivity contribution in [2.24, 2.45) is 5.92 Å². The number of carbonyl (C=O) groups is 1. The zero-order chi connectivity index (χ0) is 16.4. The molecule has 2 aromatic rings. The fourth-order valence-corrected chi connectivity index (χ4v) is 4.74. The molecule has 0 radical (unpaired) electrons. The van der Waals surface area contributed by atoms with E-state index in [1.54, 1.807) is 11.3 Å². The van der Waals surface area contributed by atoms with Gasteiger partial charge < -0.3 is 9.80 Å². The maximum Gasteiger partial charge on any atom is 0.227 e. The summed E-state index contributed by atoms with van der Waals surface area (Å²) < 4.78 is 0. The van der Waals surface area contributed by atoms with Crippen LogP contribution in [0, 0.1) is 5.92 Å². The Balaban J connectivity index is 1.47. The number of amides is 1. The van der Waals surface area contributed by atoms with Gasteiger partial charge in [0.05, 0.1) is 5.92 Å². The molecule has 6 heteroatoms. The molecular formula is C18H24N4OS. The van der Waals surface area contributed by atoms with Crippen LogP contribution in [0.1, 0.15) is 38.5 Å². The van der Waals surface area contributed by atoms with Crippen molar-refractivity contribution in [3.05, 3.63) is 18.3 Å². The Morgan fingerprint density at radius 1 is 1.12 bits per heavy atom. The van der Waals surface area contributed by atoms with Crippen LogP contribution < -0.4 is 4.90 Å². The average molecular weight is 344 g/mol. The summed E-state index contributed by atoms with van der Waals surface area (Å²) in [5.41, 5.74) is 0.957. The van der Waals surface area contributed by atoms with Gasteiger partial charge in [0.15, 0.2) is 5.13 Å². The van der Waals surface area contributed by atoms with Crippen LogP contribution in [0.2, 0.25) is 0 Å². The van der Waals surface area contributed by atoms with Gasteiger partial charge in [-0.3, -0.25) is 4.79 Å². The summed E-state index contributed by atoms with van der Waals surface area (Å²) in [6, 6.07) is 3.93. The number of carbonyl (C=O) groups excluding carboxylic acids is 1. The van der Waals surface area contributed by atoms with Crippen LogP contribution in [0.15, 0.2) is 18.3 Å². The molecule has 5 nitrogen and oxygen atoms in total. The summed E-state index contributed by atoms with van der Waals surface area (Å²) in [4.78, 5) is 27.4. The van der Waals surface area contributed by atoms with Gasteiger partial charge in [0.25, 0.3) is 0 Å². The fourth-order valence-electron chi connectivity index (χ4n) is 3.80. The SMILES string of the molecule is O=C([C@@H]1CCCN(c2nc3cccnc3s2)C1)N1CCCCCC1. The normalized spacial score (nSPS) is 22.6. The maximum absolute atomic E-state index is 12.9. The van der Waals surface area contributed by atoms with E-state index in [-0.39, 0.29) is 5.92 Å². The largest absolute Gasteiger partial charge is 0.347 e. The Morgan fingerprint density at radius 3 is 2.75 bits per heavy atom. The first-order chi connectivity index (χ1) is 11.8. The van der Waals surface area contributed by atoms with Crippen molar-refractivity contribution in [2.45, 2.75) is 38.5 Å². The molecule has 4 rings (SSSR count). The topological polar surface area (TPSA) is 49.3 Å². The van der Waals surface area contributed by atoms with E-state index in [4.69, 9.17) is 4.98 Å². The molecule has 0 bridgehead atoms. The lowest BCUT2D eigenvalue weighted by atomic mass is 9.96. The minimum Gasteiger partial charge on any atom is -0.347 e. The van der Waals surface area contributed by atoms with Gasteiger partial charge in [-0.1, -0.05) is 24.2 Å². The molecule has 0 aromatic carbocycles. The molecular weight excluding hydrogens is 320 g/mol. The third kappa shape index (κ3) is 3.24. The minimum absolute atomic E-state index is 0.122. The quantitative estimate of drug-likeness (QED) is 0.839. The highest BCUT2D eigenvalue weighted by Crippen LogP contribution is 2.31. The van der Waals surface area contributed by atoms with Crippen LogP contribution in [-0.2, 0) is 4.79 Å². The second-order valence-electron chi connectivity index (χ2n) is 6.85. The van der Waals surface area contributed by atoms with E-state index in [1.807, 2.05) is 18.3 Å². The predicted octanol–water partition coefficient (Wildman–Crippen LogP) is 3.31. The Bertz CT molecular complexity index is 675. The maximum atomic E-state index is 12.9. The predicted molar refractivity (Wildman–Crippen MR) is 97.4 cm³/mol. The van der Waals surface area contributed by atoms with Gasteiger partial charge in [0.2, 0.25) is 5.91 Å². The van der Waals surface area contributed by atoms with E-state index < -0.39 is 0 Å². The number of aromatic nitrogens is 2. The molecule has 4 heterocycles. The number of piperidine rings is 1. The second-order valence-corrected chi connectivity index (χ2v) is 7.80. The monoisotopic (exact) mass is 344 g/mol. The highest BCUT2D eigenvalue weighted by Gasteiger charge is 2.30. The summed E-state index contributed by atoms with van der Waals surface area (Å²) in [5.74, 6) is 0.484. The fraction of sp³-hybridized carbons (Fsp3) is 0.611. The molecule has 128 valence electrons. The first-order valence-corrected chi connectivity index (χ1v) is 9.88. The number of anilines is 1. The number of hydrogen-bond acceptors (Lipinski definition) is 5. The molecule has 0 unspecified atom stereocenters. The molecule has 0 saturated carbocycles. The van der Waals surface area contributed by atoms with Crippen molar-refractivity contribution in [3.8, 4) is 0 Å². The number of rotatable bonds is 2. The zero-order valence-corrected chi connectivity index (χ0v) is 14.8. The molecule has 24 heavy (non-hydrogen) atoms. The van der Waals surface area contributed by atoms with E-state index in [0.717, 1.165) is 67.3 Å². The summed E-state index contributed by atoms with van der Waals surface area (Å²) in [6.45, 7) is 3.68. The van der Waals surface area contributed by atoms with Crippen molar-refractivity contribution in [3.63, 3.8) is 0 Å². The zero-order valence-electron chi connectivity index (χ0n) is 14.0. The lowest BCUT2D eigenvalue weighted by molar-refractivity contribution is -0.135. The highest BCUT2D eigenvalue weighted by molar-refractivity contribution is 7.21. The van der Waals surface area contributed by atoms with Crippen molar-refractivity contribution in [1.29, 1.82) is 0 Å². The lowest BCUT2D eigenvalue weighted by Gasteiger charge is -2.34. The van der Waals surface area contributed by atoms with Gasteiger partial charge in [-0.25, -0.2) is 9.97 Å². The first-order valence-electron chi connectivity index (χ1n) is 9.06. The van der Waals surface area contributed by atoms with Crippen LogP contribution in [0.3, 0.4) is 0 Å². The Labute approximate surface area is 146 Å². The molecule has 2 fully saturated rings. The first kappa shape index (κ1) is 15.8. The third-order valence-electron chi connectivity index (χ3n) is 5.11. The van der Waals surface area contributed by atoms with Gasteiger partial charge in [-0.2, -0.15) is 0 Å². The van der Waals surface area contributed by atoms with E-state index >= 15 is 0 Å². The molecule has 2 saturated heterocycles. The van der Waals surface area contributed by atoms with Gasteiger partial charge in [-0.15, -0.1) is 0 Å². The van der Waals surface area contributed by atoms with Crippen molar-refractivity contribution >= 4 is 32.7 Å². The minimum atomic E-state index is 0.122. The van der Waals surface area contributed by atoms with Crippen LogP contribution in [0.4, 0.5) is 5.13 Å². The molecule has 1 atom stereocenters. The molecule has 0 spiro atoms. The molecule has 2 aliphatic heterocycles. The lowest BCUT2D eigenvalue weighted by Crippen LogP contribution is -2.45. The van der Waals surface area contributed by atoms with Gasteiger partial charge in [0, 0.05) is 32.4 Å². The number of likely N-dealkylation sites (tertiary alicyclic amines) is 1. The Kier molecular flexibility index (Phi) is 4.65. The smallest absolute Gasteiger partial charge is 0.227 e. The molecule has 2 aliphatic rings. The van der Waals surface area contributed by atoms with Crippen molar-refractivity contribution < 1.29 is 4.79 Å². The summed E-state index contributed by atoms with van der Waals surface area (Å²) in [5, 5.41) is 1.01. The van der Waals surface area contributed by atoms with E-state index in [9.17, 15) is 4.79 Å². The summed E-state index contributed by atoms with van der Waals surface area (Å²) in [6.07, 6.45) is 8.73. The van der Waals surface area contributed by atoms with Crippen LogP contribution in [-0.4, -0.2) is 47.0 Å². The Morgan fingerprint density at radius 2 is 1.96 bits per heavy atom. The molecule has 0 N–H and O–H groups in total. The number of thiazole rings is 1. The summed E-state index contributed by atoms with van der Waals surface area (Å²) in [7, 11) is 0. The molecule has 1 amide bonds. The van der Waals surface area contributed by atoms with E-state index in [2.05, 4.69) is 14.8 Å². The van der Waals surface area contributed by atoms with Crippen LogP contribution >= 0.6 is 11.3 Å². The van der Waals surface area contributed by atoms with E-state index in [0.29, 0.717) is 5.91 Å². The standard InChI is InChI=1S/C18H24N4OS/c23-17(21-10-3-1-2-4-11-21)14-7-6-12-22(13-14)18-20-15-8-5-9-19-16(15)24-18/h5,8-9,14H,1-4,6-7,10-13H2/t14-/m1/s1. The van der Waals surface area contributed by atoms with Crippen LogP contribution in [0.5, 0.6) is 0 Å². The van der Waals surface area contributed by atoms with Gasteiger partial charge in [0.1, 0.15) is 10.3 Å². The number of fused-ring (bicyclic) bond motifs is 1. The number of nitrogens with zero attached hydrogens (tertiary/aromatic N) is 4. The number of pyridine rings is 1. The average Bonchev–Trinajstić information content (AvgIpc) is 2.88. The van der Waals surface area contributed by atoms with Crippen LogP contribution in [0.25, 0.3) is 10.3 Å². The van der Waals surface area contributed by atoms with Gasteiger partial charge in [-0.05, 0) is 37.8 Å². The summed E-state index contributed by atoms with van der Waals surface area (Å²) >= 11 is 1.64. The second kappa shape index (κ2) is 7.05. The van der Waals surface area contributed by atoms with Crippen molar-refractivity contribution in [2.75, 3.05) is 31.1 Å². The van der Waals surface area contributed by atoms with Crippen molar-refractivity contribution in [1.82, 2.24) is 14.9 Å². The highest BCUT2D eigenvalue weighted by atomic mass is 32.1. The van der Waals surface area contributed by atoms with Gasteiger partial charge >= 0.3 is 0 Å². The molecule has 2 aromatic heterocycles. The molecule has 0 aliphatic carbocycles. The number of hydrogen-bond donors (Lipinski definition) is 0. The van der Waals surface area contributed by atoms with E-state index in [1.165, 1.54) is 12.8 Å².